The number of aromatic amines is 2. The zero-order valence-corrected chi connectivity index (χ0v) is 11.5. The molecule has 0 fully saturated rings. The minimum Gasteiger partial charge on any atom is -0.321 e. The Morgan fingerprint density at radius 3 is 2.25 bits per heavy atom. The van der Waals surface area contributed by atoms with Gasteiger partial charge in [-0.25, -0.2) is 4.79 Å². The molecule has 0 radical (unpaired) electrons. The summed E-state index contributed by atoms with van der Waals surface area (Å²) >= 11 is 0. The lowest BCUT2D eigenvalue weighted by atomic mass is 10.0. The summed E-state index contributed by atoms with van der Waals surface area (Å²) in [7, 11) is 0. The Labute approximate surface area is 114 Å². The monoisotopic (exact) mass is 273 g/mol. The van der Waals surface area contributed by atoms with Crippen molar-refractivity contribution in [2.24, 2.45) is 0 Å². The quantitative estimate of drug-likeness (QED) is 0.768. The van der Waals surface area contributed by atoms with Gasteiger partial charge in [0, 0.05) is 11.9 Å². The molecule has 0 aliphatic heterocycles. The van der Waals surface area contributed by atoms with E-state index in [9.17, 15) is 14.4 Å². The lowest BCUT2D eigenvalue weighted by Crippen LogP contribution is -2.30. The molecule has 1 amide bonds. The van der Waals surface area contributed by atoms with E-state index in [2.05, 4.69) is 10.3 Å². The summed E-state index contributed by atoms with van der Waals surface area (Å²) in [5.74, 6) is -0.558. The van der Waals surface area contributed by atoms with Crippen LogP contribution in [0.3, 0.4) is 0 Å². The molecule has 1 aromatic carbocycles. The van der Waals surface area contributed by atoms with Gasteiger partial charge in [-0.2, -0.15) is 0 Å². The number of anilines is 1. The zero-order valence-electron chi connectivity index (χ0n) is 11.5. The number of benzene rings is 1. The van der Waals surface area contributed by atoms with Crippen LogP contribution in [0.15, 0.2) is 27.9 Å². The minimum atomic E-state index is -0.714. The molecule has 0 saturated carbocycles. The van der Waals surface area contributed by atoms with Gasteiger partial charge < -0.3 is 10.3 Å². The van der Waals surface area contributed by atoms with Gasteiger partial charge in [0.25, 0.3) is 11.5 Å². The normalized spacial score (nSPS) is 10.3. The van der Waals surface area contributed by atoms with E-state index in [0.29, 0.717) is 5.69 Å². The number of carbonyl (C=O) groups is 1. The fraction of sp³-hybridized carbons (Fsp3) is 0.214. The molecular formula is C14H15N3O3. The van der Waals surface area contributed by atoms with Gasteiger partial charge >= 0.3 is 5.69 Å². The number of aromatic nitrogens is 2. The number of H-pyrrole nitrogens is 2. The maximum absolute atomic E-state index is 12.1. The molecular weight excluding hydrogens is 258 g/mol. The van der Waals surface area contributed by atoms with Crippen LogP contribution in [0.2, 0.25) is 0 Å². The SMILES string of the molecule is Cc1cc(C)c(NC(=O)c2c[nH]c(=O)[nH]c2=O)c(C)c1. The van der Waals surface area contributed by atoms with Gasteiger partial charge in [-0.05, 0) is 31.9 Å². The van der Waals surface area contributed by atoms with E-state index in [0.717, 1.165) is 22.9 Å². The topological polar surface area (TPSA) is 94.8 Å². The van der Waals surface area contributed by atoms with E-state index in [4.69, 9.17) is 0 Å². The molecule has 6 heteroatoms. The van der Waals surface area contributed by atoms with Crippen molar-refractivity contribution in [3.05, 3.63) is 61.4 Å². The Morgan fingerprint density at radius 1 is 1.10 bits per heavy atom. The molecule has 1 heterocycles. The summed E-state index contributed by atoms with van der Waals surface area (Å²) in [4.78, 5) is 38.9. The number of amides is 1. The molecule has 2 rings (SSSR count). The van der Waals surface area contributed by atoms with Crippen molar-refractivity contribution in [3.8, 4) is 0 Å². The van der Waals surface area contributed by atoms with Crippen LogP contribution in [0.1, 0.15) is 27.0 Å². The van der Waals surface area contributed by atoms with Gasteiger partial charge in [-0.1, -0.05) is 17.7 Å². The van der Waals surface area contributed by atoms with E-state index < -0.39 is 17.2 Å². The smallest absolute Gasteiger partial charge is 0.321 e. The second kappa shape index (κ2) is 5.16. The zero-order chi connectivity index (χ0) is 14.9. The van der Waals surface area contributed by atoms with Crippen molar-refractivity contribution in [2.75, 3.05) is 5.32 Å². The first-order valence-electron chi connectivity index (χ1n) is 6.09. The predicted octanol–water partition coefficient (Wildman–Crippen LogP) is 1.24. The highest BCUT2D eigenvalue weighted by Crippen LogP contribution is 2.22. The van der Waals surface area contributed by atoms with Crippen molar-refractivity contribution in [3.63, 3.8) is 0 Å². The van der Waals surface area contributed by atoms with Crippen LogP contribution >= 0.6 is 0 Å². The highest BCUT2D eigenvalue weighted by molar-refractivity contribution is 6.04. The van der Waals surface area contributed by atoms with Crippen molar-refractivity contribution in [2.45, 2.75) is 20.8 Å². The molecule has 0 unspecified atom stereocenters. The van der Waals surface area contributed by atoms with Gasteiger partial charge in [0.1, 0.15) is 5.56 Å². The second-order valence-corrected chi connectivity index (χ2v) is 4.71. The number of aryl methyl sites for hydroxylation is 3. The van der Waals surface area contributed by atoms with Crippen LogP contribution in [0.4, 0.5) is 5.69 Å². The third-order valence-electron chi connectivity index (χ3n) is 2.98. The Morgan fingerprint density at radius 2 is 1.70 bits per heavy atom. The highest BCUT2D eigenvalue weighted by atomic mass is 16.2. The molecule has 0 saturated heterocycles. The predicted molar refractivity (Wildman–Crippen MR) is 76.3 cm³/mol. The van der Waals surface area contributed by atoms with Crippen LogP contribution in [0.25, 0.3) is 0 Å². The van der Waals surface area contributed by atoms with Gasteiger partial charge in [-0.15, -0.1) is 0 Å². The van der Waals surface area contributed by atoms with Crippen LogP contribution in [0, 0.1) is 20.8 Å². The molecule has 2 aromatic rings. The molecule has 0 aliphatic carbocycles. The Hall–Kier alpha value is -2.63. The Bertz CT molecular complexity index is 764. The highest BCUT2D eigenvalue weighted by Gasteiger charge is 2.13. The third-order valence-corrected chi connectivity index (χ3v) is 2.98. The fourth-order valence-electron chi connectivity index (χ4n) is 2.14. The Kier molecular flexibility index (Phi) is 3.56. The van der Waals surface area contributed by atoms with Crippen molar-refractivity contribution >= 4 is 11.6 Å². The number of hydrogen-bond donors (Lipinski definition) is 3. The van der Waals surface area contributed by atoms with Crippen LogP contribution in [-0.4, -0.2) is 15.9 Å². The average molecular weight is 273 g/mol. The molecule has 3 N–H and O–H groups in total. The summed E-state index contributed by atoms with van der Waals surface area (Å²) in [6.45, 7) is 5.73. The van der Waals surface area contributed by atoms with Crippen LogP contribution < -0.4 is 16.6 Å². The van der Waals surface area contributed by atoms with Crippen LogP contribution in [-0.2, 0) is 0 Å². The van der Waals surface area contributed by atoms with E-state index in [1.54, 1.807) is 0 Å². The molecule has 0 aliphatic rings. The summed E-state index contributed by atoms with van der Waals surface area (Å²) in [5.41, 5.74) is 2.10. The van der Waals surface area contributed by atoms with Gasteiger partial charge in [0.2, 0.25) is 0 Å². The average Bonchev–Trinajstić information content (AvgIpc) is 2.33. The molecule has 0 atom stereocenters. The standard InChI is InChI=1S/C14H15N3O3/c1-7-4-8(2)11(9(3)5-7)16-12(18)10-6-15-14(20)17-13(10)19/h4-6H,1-3H3,(H,16,18)(H2,15,17,19,20). The molecule has 6 nitrogen and oxygen atoms in total. The van der Waals surface area contributed by atoms with E-state index in [1.165, 1.54) is 0 Å². The minimum absolute atomic E-state index is 0.135. The van der Waals surface area contributed by atoms with Crippen molar-refractivity contribution < 1.29 is 4.79 Å². The first-order valence-corrected chi connectivity index (χ1v) is 6.09. The van der Waals surface area contributed by atoms with E-state index >= 15 is 0 Å². The molecule has 0 bridgehead atoms. The molecule has 1 aromatic heterocycles. The number of rotatable bonds is 2. The van der Waals surface area contributed by atoms with Crippen molar-refractivity contribution in [1.29, 1.82) is 0 Å². The summed E-state index contributed by atoms with van der Waals surface area (Å²) in [6, 6.07) is 3.89. The summed E-state index contributed by atoms with van der Waals surface area (Å²) in [6.07, 6.45) is 1.11. The Balaban J connectivity index is 2.38. The molecule has 104 valence electrons. The van der Waals surface area contributed by atoms with Crippen molar-refractivity contribution in [1.82, 2.24) is 9.97 Å². The maximum atomic E-state index is 12.1. The van der Waals surface area contributed by atoms with E-state index in [-0.39, 0.29) is 5.56 Å². The number of carbonyl (C=O) groups excluding carboxylic acids is 1. The first kappa shape index (κ1) is 13.8. The fourth-order valence-corrected chi connectivity index (χ4v) is 2.14. The third kappa shape index (κ3) is 2.69. The number of nitrogens with one attached hydrogen (secondary N) is 3. The molecule has 0 spiro atoms. The summed E-state index contributed by atoms with van der Waals surface area (Å²) < 4.78 is 0. The molecule has 20 heavy (non-hydrogen) atoms. The lowest BCUT2D eigenvalue weighted by molar-refractivity contribution is 0.102. The second-order valence-electron chi connectivity index (χ2n) is 4.71. The lowest BCUT2D eigenvalue weighted by Gasteiger charge is -2.12. The van der Waals surface area contributed by atoms with Gasteiger partial charge in [0.15, 0.2) is 0 Å². The summed E-state index contributed by atoms with van der Waals surface area (Å²) in [5, 5.41) is 2.70. The van der Waals surface area contributed by atoms with Crippen LogP contribution in [0.5, 0.6) is 0 Å². The van der Waals surface area contributed by atoms with Gasteiger partial charge in [-0.3, -0.25) is 14.6 Å². The largest absolute Gasteiger partial charge is 0.325 e. The van der Waals surface area contributed by atoms with Gasteiger partial charge in [0.05, 0.1) is 0 Å². The number of hydrogen-bond acceptors (Lipinski definition) is 3. The maximum Gasteiger partial charge on any atom is 0.325 e. The first-order chi connectivity index (χ1) is 9.38. The van der Waals surface area contributed by atoms with E-state index in [1.807, 2.05) is 37.9 Å².